The van der Waals surface area contributed by atoms with E-state index in [1.54, 1.807) is 60.8 Å². The maximum absolute atomic E-state index is 12.8. The predicted octanol–water partition coefficient (Wildman–Crippen LogP) is 4.18. The van der Waals surface area contributed by atoms with Gasteiger partial charge < -0.3 is 0 Å². The molecule has 4 rings (SSSR count). The second-order valence-electron chi connectivity index (χ2n) is 5.92. The topological polar surface area (TPSA) is 76.9 Å². The highest BCUT2D eigenvalue weighted by atomic mass is 35.5. The SMILES string of the molecule is Cc1nc2ncccc2n1-c1cc(Cl)ccc1NS(=O)(=O)c1ccccc1. The van der Waals surface area contributed by atoms with E-state index in [0.717, 1.165) is 5.52 Å². The first-order valence-electron chi connectivity index (χ1n) is 8.13. The maximum Gasteiger partial charge on any atom is 0.261 e. The lowest BCUT2D eigenvalue weighted by molar-refractivity contribution is 0.601. The van der Waals surface area contributed by atoms with Crippen LogP contribution in [-0.4, -0.2) is 23.0 Å². The molecule has 2 heterocycles. The van der Waals surface area contributed by atoms with Gasteiger partial charge in [-0.15, -0.1) is 0 Å². The standard InChI is InChI=1S/C19H15ClN4O2S/c1-13-22-19-17(8-5-11-21-19)24(13)18-12-14(20)9-10-16(18)23-27(25,26)15-6-3-2-4-7-15/h2-12,23H,1H3. The van der Waals surface area contributed by atoms with Crippen molar-refractivity contribution >= 4 is 38.5 Å². The zero-order chi connectivity index (χ0) is 19.0. The lowest BCUT2D eigenvalue weighted by Gasteiger charge is -2.15. The molecule has 0 amide bonds. The van der Waals surface area contributed by atoms with Gasteiger partial charge in [0.25, 0.3) is 10.0 Å². The Bertz CT molecular complexity index is 1240. The molecule has 0 atom stereocenters. The maximum atomic E-state index is 12.8. The van der Waals surface area contributed by atoms with Crippen molar-refractivity contribution in [1.29, 1.82) is 0 Å². The van der Waals surface area contributed by atoms with E-state index >= 15 is 0 Å². The molecule has 0 saturated heterocycles. The normalized spacial score (nSPS) is 11.6. The van der Waals surface area contributed by atoms with E-state index in [1.165, 1.54) is 0 Å². The highest BCUT2D eigenvalue weighted by molar-refractivity contribution is 7.92. The number of nitrogens with zero attached hydrogens (tertiary/aromatic N) is 3. The molecule has 0 bridgehead atoms. The van der Waals surface area contributed by atoms with E-state index in [1.807, 2.05) is 17.6 Å². The summed E-state index contributed by atoms with van der Waals surface area (Å²) in [4.78, 5) is 8.89. The molecule has 8 heteroatoms. The van der Waals surface area contributed by atoms with Gasteiger partial charge in [0, 0.05) is 11.2 Å². The summed E-state index contributed by atoms with van der Waals surface area (Å²) >= 11 is 6.20. The van der Waals surface area contributed by atoms with Crippen LogP contribution in [0.5, 0.6) is 0 Å². The second-order valence-corrected chi connectivity index (χ2v) is 8.04. The van der Waals surface area contributed by atoms with Gasteiger partial charge in [-0.3, -0.25) is 9.29 Å². The van der Waals surface area contributed by atoms with E-state index in [4.69, 9.17) is 11.6 Å². The molecule has 2 aromatic heterocycles. The van der Waals surface area contributed by atoms with Gasteiger partial charge >= 0.3 is 0 Å². The Hall–Kier alpha value is -2.90. The molecule has 0 saturated carbocycles. The van der Waals surface area contributed by atoms with Crippen molar-refractivity contribution in [3.63, 3.8) is 0 Å². The molecule has 1 N–H and O–H groups in total. The first-order chi connectivity index (χ1) is 13.0. The van der Waals surface area contributed by atoms with Crippen LogP contribution in [0.3, 0.4) is 0 Å². The summed E-state index contributed by atoms with van der Waals surface area (Å²) in [6.45, 7) is 1.83. The molecule has 0 unspecified atom stereocenters. The van der Waals surface area contributed by atoms with Crippen LogP contribution >= 0.6 is 11.6 Å². The summed E-state index contributed by atoms with van der Waals surface area (Å²) in [7, 11) is -3.75. The molecule has 0 aliphatic heterocycles. The van der Waals surface area contributed by atoms with Crippen LogP contribution in [0.4, 0.5) is 5.69 Å². The average Bonchev–Trinajstić information content (AvgIpc) is 2.99. The van der Waals surface area contributed by atoms with Gasteiger partial charge in [-0.25, -0.2) is 18.4 Å². The average molecular weight is 399 g/mol. The third-order valence-corrected chi connectivity index (χ3v) is 5.71. The lowest BCUT2D eigenvalue weighted by atomic mass is 10.2. The highest BCUT2D eigenvalue weighted by Crippen LogP contribution is 2.30. The Morgan fingerprint density at radius 2 is 1.81 bits per heavy atom. The molecular weight excluding hydrogens is 384 g/mol. The fourth-order valence-corrected chi connectivity index (χ4v) is 4.17. The fraction of sp³-hybridized carbons (Fsp3) is 0.0526. The number of rotatable bonds is 4. The number of hydrogen-bond acceptors (Lipinski definition) is 4. The van der Waals surface area contributed by atoms with Gasteiger partial charge in [-0.2, -0.15) is 0 Å². The molecule has 0 radical (unpaired) electrons. The number of pyridine rings is 1. The van der Waals surface area contributed by atoms with Crippen LogP contribution in [-0.2, 0) is 10.0 Å². The quantitative estimate of drug-likeness (QED) is 0.559. The zero-order valence-electron chi connectivity index (χ0n) is 14.3. The van der Waals surface area contributed by atoms with Gasteiger partial charge in [0.1, 0.15) is 5.82 Å². The van der Waals surface area contributed by atoms with Gasteiger partial charge in [0.2, 0.25) is 0 Å². The molecule has 0 fully saturated rings. The number of benzene rings is 2. The number of aryl methyl sites for hydroxylation is 1. The van der Waals surface area contributed by atoms with Gasteiger partial charge in [-0.1, -0.05) is 29.8 Å². The second kappa shape index (κ2) is 6.68. The Morgan fingerprint density at radius 1 is 1.04 bits per heavy atom. The smallest absolute Gasteiger partial charge is 0.261 e. The molecule has 136 valence electrons. The van der Waals surface area contributed by atoms with E-state index in [9.17, 15) is 8.42 Å². The van der Waals surface area contributed by atoms with Crippen molar-refractivity contribution in [3.05, 3.63) is 77.7 Å². The van der Waals surface area contributed by atoms with E-state index in [2.05, 4.69) is 14.7 Å². The largest absolute Gasteiger partial charge is 0.293 e. The van der Waals surface area contributed by atoms with Crippen LogP contribution in [0.2, 0.25) is 5.02 Å². The number of imidazole rings is 1. The van der Waals surface area contributed by atoms with Gasteiger partial charge in [0.15, 0.2) is 5.65 Å². The van der Waals surface area contributed by atoms with Crippen molar-refractivity contribution in [2.45, 2.75) is 11.8 Å². The highest BCUT2D eigenvalue weighted by Gasteiger charge is 2.19. The molecule has 6 nitrogen and oxygen atoms in total. The summed E-state index contributed by atoms with van der Waals surface area (Å²) in [5.74, 6) is 0.672. The number of sulfonamides is 1. The molecule has 27 heavy (non-hydrogen) atoms. The number of fused-ring (bicyclic) bond motifs is 1. The van der Waals surface area contributed by atoms with E-state index in [0.29, 0.717) is 27.9 Å². The Morgan fingerprint density at radius 3 is 2.59 bits per heavy atom. The summed E-state index contributed by atoms with van der Waals surface area (Å²) in [5, 5.41) is 0.484. The van der Waals surface area contributed by atoms with Crippen molar-refractivity contribution in [1.82, 2.24) is 14.5 Å². The lowest BCUT2D eigenvalue weighted by Crippen LogP contribution is -2.15. The van der Waals surface area contributed by atoms with Crippen LogP contribution in [0.25, 0.3) is 16.9 Å². The summed E-state index contributed by atoms with van der Waals surface area (Å²) in [6, 6.07) is 16.9. The Kier molecular flexibility index (Phi) is 4.33. The van der Waals surface area contributed by atoms with E-state index in [-0.39, 0.29) is 4.90 Å². The summed E-state index contributed by atoms with van der Waals surface area (Å²) in [5.41, 5.74) is 2.31. The minimum Gasteiger partial charge on any atom is -0.293 e. The molecule has 0 aliphatic rings. The molecule has 2 aromatic carbocycles. The number of aromatic nitrogens is 3. The molecule has 4 aromatic rings. The van der Waals surface area contributed by atoms with Crippen LogP contribution < -0.4 is 4.72 Å². The predicted molar refractivity (Wildman–Crippen MR) is 106 cm³/mol. The zero-order valence-corrected chi connectivity index (χ0v) is 15.9. The minimum absolute atomic E-state index is 0.180. The van der Waals surface area contributed by atoms with E-state index < -0.39 is 10.0 Å². The van der Waals surface area contributed by atoms with Crippen LogP contribution in [0.1, 0.15) is 5.82 Å². The third-order valence-electron chi connectivity index (χ3n) is 4.10. The van der Waals surface area contributed by atoms with Gasteiger partial charge in [0.05, 0.1) is 21.8 Å². The monoisotopic (exact) mass is 398 g/mol. The van der Waals surface area contributed by atoms with Crippen LogP contribution in [0, 0.1) is 6.92 Å². The van der Waals surface area contributed by atoms with Crippen LogP contribution in [0.15, 0.2) is 71.8 Å². The summed E-state index contributed by atoms with van der Waals surface area (Å²) in [6.07, 6.45) is 1.66. The van der Waals surface area contributed by atoms with Gasteiger partial charge in [-0.05, 0) is 49.4 Å². The van der Waals surface area contributed by atoms with Crippen molar-refractivity contribution < 1.29 is 8.42 Å². The van der Waals surface area contributed by atoms with Crippen molar-refractivity contribution in [2.75, 3.05) is 4.72 Å². The van der Waals surface area contributed by atoms with Crippen molar-refractivity contribution in [2.24, 2.45) is 0 Å². The molecule has 0 aliphatic carbocycles. The fourth-order valence-electron chi connectivity index (χ4n) is 2.91. The minimum atomic E-state index is -3.75. The number of hydrogen-bond donors (Lipinski definition) is 1. The Balaban J connectivity index is 1.88. The Labute approximate surface area is 161 Å². The summed E-state index contributed by atoms with van der Waals surface area (Å²) < 4.78 is 30.0. The first kappa shape index (κ1) is 17.5. The molecule has 0 spiro atoms. The number of anilines is 1. The molecular formula is C19H15ClN4O2S. The number of halogens is 1. The number of nitrogens with one attached hydrogen (secondary N) is 1. The first-order valence-corrected chi connectivity index (χ1v) is 10.00. The third kappa shape index (κ3) is 3.27. The van der Waals surface area contributed by atoms with Crippen molar-refractivity contribution in [3.8, 4) is 5.69 Å².